The number of rotatable bonds is 5. The molecule has 0 bridgehead atoms. The number of fused-ring (bicyclic) bond motifs is 1. The van der Waals surface area contributed by atoms with Crippen molar-refractivity contribution in [2.75, 3.05) is 0 Å². The van der Waals surface area contributed by atoms with Gasteiger partial charge in [0.1, 0.15) is 5.82 Å². The Balaban J connectivity index is 1.66. The van der Waals surface area contributed by atoms with Crippen LogP contribution in [0.3, 0.4) is 0 Å². The molecule has 4 aromatic rings. The average molecular weight is 344 g/mol. The van der Waals surface area contributed by atoms with Gasteiger partial charge in [-0.15, -0.1) is 11.8 Å². The molecule has 0 aliphatic rings. The molecule has 1 aromatic heterocycles. The number of thioether (sulfide) groups is 1. The Labute approximate surface area is 152 Å². The Kier molecular flexibility index (Phi) is 4.57. The number of para-hydroxylation sites is 2. The van der Waals surface area contributed by atoms with Crippen LogP contribution in [0.2, 0.25) is 0 Å². The maximum Gasteiger partial charge on any atom is 0.120 e. The van der Waals surface area contributed by atoms with Crippen LogP contribution in [-0.2, 0) is 12.3 Å². The van der Waals surface area contributed by atoms with Crippen LogP contribution >= 0.6 is 11.8 Å². The monoisotopic (exact) mass is 344 g/mol. The van der Waals surface area contributed by atoms with Gasteiger partial charge in [-0.1, -0.05) is 60.2 Å². The predicted molar refractivity (Wildman–Crippen MR) is 106 cm³/mol. The van der Waals surface area contributed by atoms with Crippen LogP contribution in [-0.4, -0.2) is 9.55 Å². The normalized spacial score (nSPS) is 11.1. The zero-order valence-electron chi connectivity index (χ0n) is 14.2. The molecule has 124 valence electrons. The first kappa shape index (κ1) is 16.0. The lowest BCUT2D eigenvalue weighted by molar-refractivity contribution is 0.780. The highest BCUT2D eigenvalue weighted by Gasteiger charge is 2.11. The predicted octanol–water partition coefficient (Wildman–Crippen LogP) is 5.69. The minimum atomic E-state index is 0.853. The van der Waals surface area contributed by atoms with Crippen molar-refractivity contribution in [1.29, 1.82) is 0 Å². The molecule has 0 N–H and O–H groups in total. The lowest BCUT2D eigenvalue weighted by Crippen LogP contribution is -2.04. The molecule has 0 radical (unpaired) electrons. The van der Waals surface area contributed by atoms with Gasteiger partial charge in [-0.05, 0) is 36.8 Å². The second-order valence-electron chi connectivity index (χ2n) is 6.19. The van der Waals surface area contributed by atoms with Crippen LogP contribution in [0.15, 0.2) is 83.8 Å². The van der Waals surface area contributed by atoms with E-state index in [1.807, 2.05) is 11.8 Å². The van der Waals surface area contributed by atoms with Crippen molar-refractivity contribution in [3.63, 3.8) is 0 Å². The van der Waals surface area contributed by atoms with E-state index in [1.54, 1.807) is 0 Å². The zero-order chi connectivity index (χ0) is 17.1. The Morgan fingerprint density at radius 2 is 1.56 bits per heavy atom. The molecule has 0 spiro atoms. The number of aryl methyl sites for hydroxylation is 1. The summed E-state index contributed by atoms with van der Waals surface area (Å²) in [5, 5.41) is 0. The highest BCUT2D eigenvalue weighted by atomic mass is 32.2. The molecule has 0 aliphatic heterocycles. The summed E-state index contributed by atoms with van der Waals surface area (Å²) >= 11 is 1.83. The smallest absolute Gasteiger partial charge is 0.120 e. The quantitative estimate of drug-likeness (QED) is 0.433. The van der Waals surface area contributed by atoms with Crippen LogP contribution in [0.25, 0.3) is 11.0 Å². The largest absolute Gasteiger partial charge is 0.323 e. The van der Waals surface area contributed by atoms with Gasteiger partial charge in [0, 0.05) is 11.4 Å². The molecule has 0 fully saturated rings. The summed E-state index contributed by atoms with van der Waals surface area (Å²) in [5.41, 5.74) is 4.86. The lowest BCUT2D eigenvalue weighted by Gasteiger charge is -2.10. The molecule has 0 saturated carbocycles. The molecule has 2 nitrogen and oxygen atoms in total. The van der Waals surface area contributed by atoms with Crippen molar-refractivity contribution in [2.24, 2.45) is 0 Å². The maximum atomic E-state index is 4.88. The Bertz CT molecular complexity index is 972. The number of benzene rings is 3. The van der Waals surface area contributed by atoms with Gasteiger partial charge in [-0.25, -0.2) is 4.98 Å². The van der Waals surface area contributed by atoms with Crippen LogP contribution in [0.1, 0.15) is 17.0 Å². The van der Waals surface area contributed by atoms with Crippen molar-refractivity contribution in [3.05, 3.63) is 95.8 Å². The summed E-state index contributed by atoms with van der Waals surface area (Å²) in [6.45, 7) is 2.98. The fourth-order valence-electron chi connectivity index (χ4n) is 2.95. The van der Waals surface area contributed by atoms with E-state index in [9.17, 15) is 0 Å². The van der Waals surface area contributed by atoms with Crippen LogP contribution in [0.4, 0.5) is 0 Å². The van der Waals surface area contributed by atoms with Gasteiger partial charge in [0.2, 0.25) is 0 Å². The number of aromatic nitrogens is 2. The molecule has 25 heavy (non-hydrogen) atoms. The van der Waals surface area contributed by atoms with E-state index in [0.717, 1.165) is 23.6 Å². The molecule has 3 heteroatoms. The maximum absolute atomic E-state index is 4.88. The van der Waals surface area contributed by atoms with Crippen molar-refractivity contribution >= 4 is 22.8 Å². The van der Waals surface area contributed by atoms with Gasteiger partial charge >= 0.3 is 0 Å². The van der Waals surface area contributed by atoms with E-state index in [4.69, 9.17) is 4.98 Å². The van der Waals surface area contributed by atoms with E-state index in [1.165, 1.54) is 21.5 Å². The van der Waals surface area contributed by atoms with Crippen LogP contribution in [0, 0.1) is 6.92 Å². The third-order valence-electron chi connectivity index (χ3n) is 4.31. The summed E-state index contributed by atoms with van der Waals surface area (Å²) in [7, 11) is 0. The van der Waals surface area contributed by atoms with E-state index in [0.29, 0.717) is 0 Å². The number of hydrogen-bond donors (Lipinski definition) is 0. The zero-order valence-corrected chi connectivity index (χ0v) is 15.0. The summed E-state index contributed by atoms with van der Waals surface area (Å²) in [6, 6.07) is 27.7. The van der Waals surface area contributed by atoms with E-state index < -0.39 is 0 Å². The van der Waals surface area contributed by atoms with Gasteiger partial charge in [0.05, 0.1) is 16.8 Å². The molecule has 4 rings (SSSR count). The van der Waals surface area contributed by atoms with E-state index in [2.05, 4.69) is 90.4 Å². The molecule has 1 heterocycles. The fraction of sp³-hybridized carbons (Fsp3) is 0.136. The molecular weight excluding hydrogens is 324 g/mol. The molecule has 3 aromatic carbocycles. The number of hydrogen-bond acceptors (Lipinski definition) is 2. The minimum Gasteiger partial charge on any atom is -0.323 e. The highest BCUT2D eigenvalue weighted by molar-refractivity contribution is 7.98. The summed E-state index contributed by atoms with van der Waals surface area (Å²) in [4.78, 5) is 6.16. The molecule has 0 unspecified atom stereocenters. The average Bonchev–Trinajstić information content (AvgIpc) is 3.00. The van der Waals surface area contributed by atoms with E-state index in [-0.39, 0.29) is 0 Å². The fourth-order valence-corrected chi connectivity index (χ4v) is 3.82. The SMILES string of the molecule is Cc1ccc(Cn2c(CSc3ccccc3)nc3ccccc32)cc1. The molecule has 0 atom stereocenters. The summed E-state index contributed by atoms with van der Waals surface area (Å²) < 4.78 is 2.34. The van der Waals surface area contributed by atoms with Crippen LogP contribution < -0.4 is 0 Å². The van der Waals surface area contributed by atoms with Crippen molar-refractivity contribution in [2.45, 2.75) is 24.1 Å². The second kappa shape index (κ2) is 7.16. The Hall–Kier alpha value is -2.52. The Morgan fingerprint density at radius 3 is 2.36 bits per heavy atom. The van der Waals surface area contributed by atoms with Gasteiger partial charge < -0.3 is 4.57 Å². The number of nitrogens with zero attached hydrogens (tertiary/aromatic N) is 2. The van der Waals surface area contributed by atoms with Gasteiger partial charge in [-0.3, -0.25) is 0 Å². The number of imidazole rings is 1. The first-order chi connectivity index (χ1) is 12.3. The lowest BCUT2D eigenvalue weighted by atomic mass is 10.1. The third-order valence-corrected chi connectivity index (χ3v) is 5.31. The Morgan fingerprint density at radius 1 is 0.840 bits per heavy atom. The van der Waals surface area contributed by atoms with E-state index >= 15 is 0 Å². The summed E-state index contributed by atoms with van der Waals surface area (Å²) in [5.74, 6) is 1.99. The molecule has 0 amide bonds. The minimum absolute atomic E-state index is 0.853. The summed E-state index contributed by atoms with van der Waals surface area (Å²) in [6.07, 6.45) is 0. The van der Waals surface area contributed by atoms with Crippen LogP contribution in [0.5, 0.6) is 0 Å². The third kappa shape index (κ3) is 3.62. The van der Waals surface area contributed by atoms with Gasteiger partial charge in [-0.2, -0.15) is 0 Å². The van der Waals surface area contributed by atoms with Gasteiger partial charge in [0.15, 0.2) is 0 Å². The standard InChI is InChI=1S/C22H20N2S/c1-17-11-13-18(14-12-17)15-24-21-10-6-5-9-20(21)23-22(24)16-25-19-7-3-2-4-8-19/h2-14H,15-16H2,1H3. The van der Waals surface area contributed by atoms with Gasteiger partial charge in [0.25, 0.3) is 0 Å². The first-order valence-corrected chi connectivity index (χ1v) is 9.46. The molecule has 0 saturated heterocycles. The molecular formula is C22H20N2S. The highest BCUT2D eigenvalue weighted by Crippen LogP contribution is 2.25. The van der Waals surface area contributed by atoms with Crippen molar-refractivity contribution < 1.29 is 0 Å². The second-order valence-corrected chi connectivity index (χ2v) is 7.24. The topological polar surface area (TPSA) is 17.8 Å². The molecule has 0 aliphatic carbocycles. The van der Waals surface area contributed by atoms with Crippen molar-refractivity contribution in [3.8, 4) is 0 Å². The van der Waals surface area contributed by atoms with Crippen molar-refractivity contribution in [1.82, 2.24) is 9.55 Å². The first-order valence-electron chi connectivity index (χ1n) is 8.47.